The molecule has 0 aromatic rings. The van der Waals surface area contributed by atoms with Gasteiger partial charge in [0.05, 0.1) is 0 Å². The van der Waals surface area contributed by atoms with Crippen molar-refractivity contribution in [1.82, 2.24) is 15.1 Å². The highest BCUT2D eigenvalue weighted by atomic mass is 15.2. The predicted molar refractivity (Wildman–Crippen MR) is 87.5 cm³/mol. The third-order valence-corrected chi connectivity index (χ3v) is 6.75. The van der Waals surface area contributed by atoms with Crippen molar-refractivity contribution in [2.75, 3.05) is 45.8 Å². The molecule has 3 heterocycles. The highest BCUT2D eigenvalue weighted by molar-refractivity contribution is 4.95. The van der Waals surface area contributed by atoms with E-state index in [-0.39, 0.29) is 0 Å². The van der Waals surface area contributed by atoms with Gasteiger partial charge in [0.2, 0.25) is 0 Å². The standard InChI is InChI=1S/C18H33N3/c1-2-9-20(8-1)13-15-6-10-21(11-7-15)14-18-17-5-3-4-16(17)12-19-18/h15-19H,1-14H2. The van der Waals surface area contributed by atoms with Crippen LogP contribution in [0.2, 0.25) is 0 Å². The van der Waals surface area contributed by atoms with Gasteiger partial charge in [0, 0.05) is 19.1 Å². The number of likely N-dealkylation sites (tertiary alicyclic amines) is 2. The molecule has 1 saturated carbocycles. The zero-order chi connectivity index (χ0) is 14.1. The maximum atomic E-state index is 3.83. The smallest absolute Gasteiger partial charge is 0.0226 e. The Labute approximate surface area is 130 Å². The number of rotatable bonds is 4. The molecule has 0 radical (unpaired) electrons. The normalized spacial score (nSPS) is 39.1. The molecule has 3 unspecified atom stereocenters. The van der Waals surface area contributed by atoms with Crippen molar-refractivity contribution in [3.8, 4) is 0 Å². The Hall–Kier alpha value is -0.120. The molecule has 0 aromatic carbocycles. The molecule has 3 saturated heterocycles. The van der Waals surface area contributed by atoms with E-state index < -0.39 is 0 Å². The Morgan fingerprint density at radius 3 is 2.33 bits per heavy atom. The van der Waals surface area contributed by atoms with Crippen molar-refractivity contribution < 1.29 is 0 Å². The summed E-state index contributed by atoms with van der Waals surface area (Å²) in [5, 5.41) is 3.83. The molecule has 3 atom stereocenters. The second-order valence-electron chi connectivity index (χ2n) is 8.12. The zero-order valence-electron chi connectivity index (χ0n) is 13.6. The fourth-order valence-electron chi connectivity index (χ4n) is 5.46. The molecule has 1 N–H and O–H groups in total. The summed E-state index contributed by atoms with van der Waals surface area (Å²) in [5.41, 5.74) is 0. The maximum absolute atomic E-state index is 3.83. The van der Waals surface area contributed by atoms with Crippen LogP contribution < -0.4 is 5.32 Å². The molecule has 21 heavy (non-hydrogen) atoms. The van der Waals surface area contributed by atoms with Crippen molar-refractivity contribution >= 4 is 0 Å². The van der Waals surface area contributed by atoms with Gasteiger partial charge in [-0.25, -0.2) is 0 Å². The molecule has 4 fully saturated rings. The van der Waals surface area contributed by atoms with E-state index in [1.807, 2.05) is 0 Å². The summed E-state index contributed by atoms with van der Waals surface area (Å²) >= 11 is 0. The summed E-state index contributed by atoms with van der Waals surface area (Å²) < 4.78 is 0. The molecule has 3 nitrogen and oxygen atoms in total. The van der Waals surface area contributed by atoms with Crippen LogP contribution in [0.3, 0.4) is 0 Å². The molecule has 0 aromatic heterocycles. The number of nitrogens with one attached hydrogen (secondary N) is 1. The fraction of sp³-hybridized carbons (Fsp3) is 1.00. The minimum absolute atomic E-state index is 0.813. The van der Waals surface area contributed by atoms with Gasteiger partial charge in [0.25, 0.3) is 0 Å². The third-order valence-electron chi connectivity index (χ3n) is 6.75. The average Bonchev–Trinajstić information content (AvgIpc) is 3.21. The number of hydrogen-bond donors (Lipinski definition) is 1. The fourth-order valence-corrected chi connectivity index (χ4v) is 5.46. The first-order valence-corrected chi connectivity index (χ1v) is 9.56. The van der Waals surface area contributed by atoms with Crippen LogP contribution in [0.1, 0.15) is 44.9 Å². The van der Waals surface area contributed by atoms with Crippen LogP contribution in [0.25, 0.3) is 0 Å². The number of piperidine rings is 1. The molecular weight excluding hydrogens is 258 g/mol. The quantitative estimate of drug-likeness (QED) is 0.856. The van der Waals surface area contributed by atoms with Gasteiger partial charge in [-0.15, -0.1) is 0 Å². The van der Waals surface area contributed by atoms with Crippen LogP contribution in [-0.4, -0.2) is 61.7 Å². The number of nitrogens with zero attached hydrogens (tertiary/aromatic N) is 2. The van der Waals surface area contributed by atoms with Crippen molar-refractivity contribution in [2.24, 2.45) is 17.8 Å². The van der Waals surface area contributed by atoms with E-state index in [0.717, 1.165) is 23.8 Å². The highest BCUT2D eigenvalue weighted by Gasteiger charge is 2.39. The van der Waals surface area contributed by atoms with Crippen molar-refractivity contribution in [2.45, 2.75) is 51.0 Å². The van der Waals surface area contributed by atoms with E-state index in [4.69, 9.17) is 0 Å². The topological polar surface area (TPSA) is 18.5 Å². The second kappa shape index (κ2) is 6.55. The molecular formula is C18H33N3. The largest absolute Gasteiger partial charge is 0.312 e. The maximum Gasteiger partial charge on any atom is 0.0226 e. The minimum Gasteiger partial charge on any atom is -0.312 e. The molecule has 4 aliphatic rings. The molecule has 1 aliphatic carbocycles. The van der Waals surface area contributed by atoms with E-state index in [9.17, 15) is 0 Å². The zero-order valence-corrected chi connectivity index (χ0v) is 13.6. The Kier molecular flexibility index (Phi) is 4.52. The molecule has 0 amide bonds. The van der Waals surface area contributed by atoms with Crippen molar-refractivity contribution in [3.05, 3.63) is 0 Å². The van der Waals surface area contributed by atoms with Gasteiger partial charge in [0.15, 0.2) is 0 Å². The Bertz CT molecular complexity index is 331. The van der Waals surface area contributed by atoms with Crippen LogP contribution in [0.4, 0.5) is 0 Å². The molecule has 3 aliphatic heterocycles. The molecule has 120 valence electrons. The lowest BCUT2D eigenvalue weighted by Crippen LogP contribution is -2.45. The van der Waals surface area contributed by atoms with Gasteiger partial charge in [-0.3, -0.25) is 0 Å². The van der Waals surface area contributed by atoms with Crippen LogP contribution in [0.15, 0.2) is 0 Å². The number of hydrogen-bond acceptors (Lipinski definition) is 3. The van der Waals surface area contributed by atoms with E-state index in [1.165, 1.54) is 90.8 Å². The van der Waals surface area contributed by atoms with Gasteiger partial charge in [0.1, 0.15) is 0 Å². The van der Waals surface area contributed by atoms with Gasteiger partial charge < -0.3 is 15.1 Å². The summed E-state index contributed by atoms with van der Waals surface area (Å²) in [6.07, 6.45) is 10.2. The summed E-state index contributed by atoms with van der Waals surface area (Å²) in [7, 11) is 0. The van der Waals surface area contributed by atoms with Crippen LogP contribution >= 0.6 is 0 Å². The third kappa shape index (κ3) is 3.30. The summed E-state index contributed by atoms with van der Waals surface area (Å²) in [6, 6.07) is 0.813. The van der Waals surface area contributed by atoms with E-state index >= 15 is 0 Å². The minimum atomic E-state index is 0.813. The lowest BCUT2D eigenvalue weighted by molar-refractivity contribution is 0.138. The lowest BCUT2D eigenvalue weighted by atomic mass is 9.92. The number of fused-ring (bicyclic) bond motifs is 1. The Morgan fingerprint density at radius 2 is 1.52 bits per heavy atom. The molecule has 0 bridgehead atoms. The SMILES string of the molecule is C1CC2CNC(CN3CCC(CN4CCCC4)CC3)C2C1. The monoisotopic (exact) mass is 291 g/mol. The van der Waals surface area contributed by atoms with Crippen LogP contribution in [0, 0.1) is 17.8 Å². The van der Waals surface area contributed by atoms with Crippen LogP contribution in [0.5, 0.6) is 0 Å². The van der Waals surface area contributed by atoms with Crippen molar-refractivity contribution in [1.29, 1.82) is 0 Å². The van der Waals surface area contributed by atoms with Gasteiger partial charge in [-0.2, -0.15) is 0 Å². The summed E-state index contributed by atoms with van der Waals surface area (Å²) in [4.78, 5) is 5.47. The molecule has 4 rings (SSSR count). The Morgan fingerprint density at radius 1 is 0.762 bits per heavy atom. The first kappa shape index (κ1) is 14.5. The Balaban J connectivity index is 1.20. The summed E-state index contributed by atoms with van der Waals surface area (Å²) in [5.74, 6) is 3.00. The highest BCUT2D eigenvalue weighted by Crippen LogP contribution is 2.38. The first-order chi connectivity index (χ1) is 10.4. The lowest BCUT2D eigenvalue weighted by Gasteiger charge is -2.36. The van der Waals surface area contributed by atoms with E-state index in [2.05, 4.69) is 15.1 Å². The average molecular weight is 291 g/mol. The van der Waals surface area contributed by atoms with E-state index in [1.54, 1.807) is 0 Å². The van der Waals surface area contributed by atoms with Gasteiger partial charge >= 0.3 is 0 Å². The van der Waals surface area contributed by atoms with Crippen molar-refractivity contribution in [3.63, 3.8) is 0 Å². The summed E-state index contributed by atoms with van der Waals surface area (Å²) in [6.45, 7) is 9.48. The predicted octanol–water partition coefficient (Wildman–Crippen LogP) is 2.18. The van der Waals surface area contributed by atoms with E-state index in [0.29, 0.717) is 0 Å². The second-order valence-corrected chi connectivity index (χ2v) is 8.12. The van der Waals surface area contributed by atoms with Gasteiger partial charge in [-0.05, 0) is 89.0 Å². The molecule has 3 heteroatoms. The molecule has 0 spiro atoms. The van der Waals surface area contributed by atoms with Gasteiger partial charge in [-0.1, -0.05) is 6.42 Å². The first-order valence-electron chi connectivity index (χ1n) is 9.56. The van der Waals surface area contributed by atoms with Crippen LogP contribution in [-0.2, 0) is 0 Å².